The average molecular weight is 379 g/mol. The standard InChI is InChI=1S/C22H25N3O3/c26-21-9-6-17-16-18(7-8-20(17)23-21)24-11-13-25(14-12-24)22(27)10-15-28-19-4-2-1-3-5-19/h1-5,7-8,16H,6,9-15H2,(H,23,26). The first-order valence-corrected chi connectivity index (χ1v) is 9.82. The highest BCUT2D eigenvalue weighted by Gasteiger charge is 2.22. The van der Waals surface area contributed by atoms with Gasteiger partial charge in [-0.15, -0.1) is 0 Å². The van der Waals surface area contributed by atoms with Gasteiger partial charge in [-0.25, -0.2) is 0 Å². The molecule has 2 heterocycles. The topological polar surface area (TPSA) is 61.9 Å². The Morgan fingerprint density at radius 2 is 1.79 bits per heavy atom. The van der Waals surface area contributed by atoms with Crippen LogP contribution in [0.4, 0.5) is 11.4 Å². The van der Waals surface area contributed by atoms with Crippen molar-refractivity contribution in [1.82, 2.24) is 4.90 Å². The predicted molar refractivity (Wildman–Crippen MR) is 109 cm³/mol. The van der Waals surface area contributed by atoms with E-state index in [-0.39, 0.29) is 11.8 Å². The summed E-state index contributed by atoms with van der Waals surface area (Å²) in [6.07, 6.45) is 1.73. The highest BCUT2D eigenvalue weighted by atomic mass is 16.5. The Balaban J connectivity index is 1.26. The zero-order valence-corrected chi connectivity index (χ0v) is 15.9. The number of benzene rings is 2. The zero-order chi connectivity index (χ0) is 19.3. The van der Waals surface area contributed by atoms with Crippen LogP contribution in [0.15, 0.2) is 48.5 Å². The number of carbonyl (C=O) groups excluding carboxylic acids is 2. The number of para-hydroxylation sites is 1. The van der Waals surface area contributed by atoms with Gasteiger partial charge in [0.05, 0.1) is 13.0 Å². The van der Waals surface area contributed by atoms with Gasteiger partial charge >= 0.3 is 0 Å². The second-order valence-electron chi connectivity index (χ2n) is 7.17. The third kappa shape index (κ3) is 4.27. The lowest BCUT2D eigenvalue weighted by Gasteiger charge is -2.36. The van der Waals surface area contributed by atoms with Crippen molar-refractivity contribution in [1.29, 1.82) is 0 Å². The molecule has 0 bridgehead atoms. The van der Waals surface area contributed by atoms with Crippen LogP contribution >= 0.6 is 0 Å². The van der Waals surface area contributed by atoms with E-state index in [2.05, 4.69) is 22.3 Å². The summed E-state index contributed by atoms with van der Waals surface area (Å²) in [5.41, 5.74) is 3.27. The minimum atomic E-state index is 0.0867. The summed E-state index contributed by atoms with van der Waals surface area (Å²) < 4.78 is 5.63. The molecular weight excluding hydrogens is 354 g/mol. The van der Waals surface area contributed by atoms with Crippen molar-refractivity contribution < 1.29 is 14.3 Å². The fourth-order valence-corrected chi connectivity index (χ4v) is 3.71. The molecule has 6 heteroatoms. The molecule has 0 atom stereocenters. The van der Waals surface area contributed by atoms with Gasteiger partial charge in [0.1, 0.15) is 5.75 Å². The lowest BCUT2D eigenvalue weighted by Crippen LogP contribution is -2.49. The van der Waals surface area contributed by atoms with Crippen molar-refractivity contribution in [2.75, 3.05) is 43.0 Å². The highest BCUT2D eigenvalue weighted by Crippen LogP contribution is 2.28. The maximum absolute atomic E-state index is 12.4. The maximum Gasteiger partial charge on any atom is 0.226 e. The number of hydrogen-bond acceptors (Lipinski definition) is 4. The first-order valence-electron chi connectivity index (χ1n) is 9.82. The van der Waals surface area contributed by atoms with Gasteiger partial charge in [-0.05, 0) is 42.3 Å². The molecule has 0 radical (unpaired) electrons. The van der Waals surface area contributed by atoms with Gasteiger partial charge in [0.25, 0.3) is 0 Å². The Labute approximate surface area is 165 Å². The molecular formula is C22H25N3O3. The van der Waals surface area contributed by atoms with Crippen molar-refractivity contribution in [3.8, 4) is 5.75 Å². The van der Waals surface area contributed by atoms with E-state index in [1.807, 2.05) is 41.3 Å². The third-order valence-corrected chi connectivity index (χ3v) is 5.31. The van der Waals surface area contributed by atoms with Crippen LogP contribution in [0.25, 0.3) is 0 Å². The van der Waals surface area contributed by atoms with Gasteiger partial charge in [0.2, 0.25) is 11.8 Å². The van der Waals surface area contributed by atoms with Crippen LogP contribution in [0.5, 0.6) is 5.75 Å². The number of hydrogen-bond donors (Lipinski definition) is 1. The number of fused-ring (bicyclic) bond motifs is 1. The molecule has 1 N–H and O–H groups in total. The molecule has 4 rings (SSSR count). The van der Waals surface area contributed by atoms with Gasteiger partial charge in [-0.1, -0.05) is 18.2 Å². The number of nitrogens with one attached hydrogen (secondary N) is 1. The fourth-order valence-electron chi connectivity index (χ4n) is 3.71. The number of anilines is 2. The fraction of sp³-hybridized carbons (Fsp3) is 0.364. The second kappa shape index (κ2) is 8.33. The van der Waals surface area contributed by atoms with Gasteiger partial charge < -0.3 is 19.9 Å². The minimum Gasteiger partial charge on any atom is -0.493 e. The van der Waals surface area contributed by atoms with Crippen molar-refractivity contribution in [2.45, 2.75) is 19.3 Å². The van der Waals surface area contributed by atoms with E-state index in [1.54, 1.807) is 0 Å². The van der Waals surface area contributed by atoms with Crippen molar-refractivity contribution in [3.05, 3.63) is 54.1 Å². The normalized spacial score (nSPS) is 16.4. The first-order chi connectivity index (χ1) is 13.7. The zero-order valence-electron chi connectivity index (χ0n) is 15.9. The van der Waals surface area contributed by atoms with E-state index in [1.165, 1.54) is 5.56 Å². The van der Waals surface area contributed by atoms with Crippen LogP contribution in [-0.2, 0) is 16.0 Å². The lowest BCUT2D eigenvalue weighted by atomic mass is 10.0. The molecule has 0 unspecified atom stereocenters. The molecule has 2 aromatic rings. The average Bonchev–Trinajstić information content (AvgIpc) is 2.74. The largest absolute Gasteiger partial charge is 0.493 e. The number of piperazine rings is 1. The molecule has 146 valence electrons. The smallest absolute Gasteiger partial charge is 0.226 e. The van der Waals surface area contributed by atoms with Crippen molar-refractivity contribution in [2.24, 2.45) is 0 Å². The maximum atomic E-state index is 12.4. The molecule has 28 heavy (non-hydrogen) atoms. The van der Waals surface area contributed by atoms with Gasteiger partial charge in [-0.3, -0.25) is 9.59 Å². The predicted octanol–water partition coefficient (Wildman–Crippen LogP) is 2.69. The molecule has 6 nitrogen and oxygen atoms in total. The molecule has 2 aromatic carbocycles. The summed E-state index contributed by atoms with van der Waals surface area (Å²) in [5.74, 6) is 1.02. The van der Waals surface area contributed by atoms with E-state index in [0.29, 0.717) is 19.4 Å². The van der Waals surface area contributed by atoms with E-state index in [4.69, 9.17) is 4.74 Å². The van der Waals surface area contributed by atoms with E-state index >= 15 is 0 Å². The Morgan fingerprint density at radius 3 is 2.57 bits per heavy atom. The quantitative estimate of drug-likeness (QED) is 0.868. The summed E-state index contributed by atoms with van der Waals surface area (Å²) in [5, 5.41) is 2.92. The Bertz CT molecular complexity index is 845. The summed E-state index contributed by atoms with van der Waals surface area (Å²) >= 11 is 0. The van der Waals surface area contributed by atoms with Crippen molar-refractivity contribution >= 4 is 23.2 Å². The van der Waals surface area contributed by atoms with Gasteiger partial charge in [-0.2, -0.15) is 0 Å². The number of rotatable bonds is 5. The Morgan fingerprint density at radius 1 is 1.00 bits per heavy atom. The number of nitrogens with zero attached hydrogens (tertiary/aromatic N) is 2. The highest BCUT2D eigenvalue weighted by molar-refractivity contribution is 5.94. The van der Waals surface area contributed by atoms with E-state index in [9.17, 15) is 9.59 Å². The Hall–Kier alpha value is -3.02. The molecule has 2 aliphatic rings. The minimum absolute atomic E-state index is 0.0867. The van der Waals surface area contributed by atoms with Gasteiger partial charge in [0, 0.05) is 44.0 Å². The lowest BCUT2D eigenvalue weighted by molar-refractivity contribution is -0.132. The van der Waals surface area contributed by atoms with E-state index < -0.39 is 0 Å². The molecule has 0 aromatic heterocycles. The van der Waals surface area contributed by atoms with Crippen molar-refractivity contribution in [3.63, 3.8) is 0 Å². The monoisotopic (exact) mass is 379 g/mol. The van der Waals surface area contributed by atoms with Crippen LogP contribution in [0.3, 0.4) is 0 Å². The second-order valence-corrected chi connectivity index (χ2v) is 7.17. The van der Waals surface area contributed by atoms with Crippen LogP contribution in [0, 0.1) is 0 Å². The molecule has 2 amide bonds. The number of ether oxygens (including phenoxy) is 1. The Kier molecular flexibility index (Phi) is 5.46. The van der Waals surface area contributed by atoms with E-state index in [0.717, 1.165) is 49.7 Å². The molecule has 0 saturated carbocycles. The first kappa shape index (κ1) is 18.3. The molecule has 1 saturated heterocycles. The SMILES string of the molecule is O=C1CCc2cc(N3CCN(C(=O)CCOc4ccccc4)CC3)ccc2N1. The molecule has 1 fully saturated rings. The van der Waals surface area contributed by atoms with Crippen LogP contribution in [0.2, 0.25) is 0 Å². The summed E-state index contributed by atoms with van der Waals surface area (Å²) in [6.45, 7) is 3.47. The molecule has 0 aliphatic carbocycles. The van der Waals surface area contributed by atoms with Crippen LogP contribution in [-0.4, -0.2) is 49.5 Å². The van der Waals surface area contributed by atoms with Crippen LogP contribution in [0.1, 0.15) is 18.4 Å². The third-order valence-electron chi connectivity index (χ3n) is 5.31. The molecule has 0 spiro atoms. The van der Waals surface area contributed by atoms with Crippen LogP contribution < -0.4 is 15.0 Å². The summed E-state index contributed by atoms with van der Waals surface area (Å²) in [4.78, 5) is 28.2. The summed E-state index contributed by atoms with van der Waals surface area (Å²) in [7, 11) is 0. The number of aryl methyl sites for hydroxylation is 1. The number of amides is 2. The van der Waals surface area contributed by atoms with Gasteiger partial charge in [0.15, 0.2) is 0 Å². The summed E-state index contributed by atoms with van der Waals surface area (Å²) in [6, 6.07) is 15.8. The number of carbonyl (C=O) groups is 2. The molecule has 2 aliphatic heterocycles.